The van der Waals surface area contributed by atoms with E-state index in [4.69, 9.17) is 5.73 Å². The van der Waals surface area contributed by atoms with Crippen molar-refractivity contribution in [2.45, 2.75) is 12.8 Å². The number of hydrogen-bond donors (Lipinski definition) is 1. The second-order valence-electron chi connectivity index (χ2n) is 5.67. The molecule has 0 spiro atoms. The van der Waals surface area contributed by atoms with Gasteiger partial charge in [0.25, 0.3) is 5.91 Å². The highest BCUT2D eigenvalue weighted by molar-refractivity contribution is 5.94. The SMILES string of the molecule is Cn1nnnc1-c1ccc(C(=O)N2CCC(C(N)=O)CC2)cc1. The third kappa shape index (κ3) is 3.05. The quantitative estimate of drug-likeness (QED) is 0.871. The van der Waals surface area contributed by atoms with Crippen LogP contribution in [0.4, 0.5) is 0 Å². The molecule has 0 aliphatic carbocycles. The van der Waals surface area contributed by atoms with Gasteiger partial charge in [-0.1, -0.05) is 12.1 Å². The fourth-order valence-corrected chi connectivity index (χ4v) is 2.79. The minimum Gasteiger partial charge on any atom is -0.369 e. The molecule has 0 atom stereocenters. The van der Waals surface area contributed by atoms with Gasteiger partial charge >= 0.3 is 0 Å². The number of amides is 2. The molecular weight excluding hydrogens is 296 g/mol. The van der Waals surface area contributed by atoms with E-state index in [1.807, 2.05) is 12.1 Å². The molecular formula is C15H18N6O2. The number of carbonyl (C=O) groups excluding carboxylic acids is 2. The lowest BCUT2D eigenvalue weighted by Crippen LogP contribution is -2.41. The topological polar surface area (TPSA) is 107 Å². The summed E-state index contributed by atoms with van der Waals surface area (Å²) in [6, 6.07) is 7.20. The molecule has 120 valence electrons. The van der Waals surface area contributed by atoms with Crippen molar-refractivity contribution in [3.8, 4) is 11.4 Å². The molecule has 1 aromatic carbocycles. The van der Waals surface area contributed by atoms with Crippen LogP contribution in [0.2, 0.25) is 0 Å². The van der Waals surface area contributed by atoms with E-state index in [1.54, 1.807) is 28.8 Å². The van der Waals surface area contributed by atoms with E-state index < -0.39 is 0 Å². The van der Waals surface area contributed by atoms with Crippen LogP contribution in [0.3, 0.4) is 0 Å². The van der Waals surface area contributed by atoms with Gasteiger partial charge in [0.05, 0.1) is 0 Å². The van der Waals surface area contributed by atoms with Gasteiger partial charge in [0.2, 0.25) is 5.91 Å². The lowest BCUT2D eigenvalue weighted by Gasteiger charge is -2.30. The van der Waals surface area contributed by atoms with Gasteiger partial charge in [-0.05, 0) is 35.4 Å². The summed E-state index contributed by atoms with van der Waals surface area (Å²) in [4.78, 5) is 25.4. The van der Waals surface area contributed by atoms with Gasteiger partial charge in [-0.25, -0.2) is 4.68 Å². The summed E-state index contributed by atoms with van der Waals surface area (Å²) >= 11 is 0. The largest absolute Gasteiger partial charge is 0.369 e. The molecule has 1 aliphatic heterocycles. The minimum absolute atomic E-state index is 0.0319. The number of nitrogens with two attached hydrogens (primary N) is 1. The van der Waals surface area contributed by atoms with Crippen molar-refractivity contribution in [2.75, 3.05) is 13.1 Å². The smallest absolute Gasteiger partial charge is 0.253 e. The fourth-order valence-electron chi connectivity index (χ4n) is 2.79. The van der Waals surface area contributed by atoms with E-state index in [0.717, 1.165) is 5.56 Å². The Kier molecular flexibility index (Phi) is 4.05. The summed E-state index contributed by atoms with van der Waals surface area (Å²) in [6.07, 6.45) is 1.26. The van der Waals surface area contributed by atoms with Crippen molar-refractivity contribution in [3.05, 3.63) is 29.8 Å². The molecule has 0 bridgehead atoms. The standard InChI is InChI=1S/C15H18N6O2/c1-20-14(17-18-19-20)11-2-4-12(5-3-11)15(23)21-8-6-10(7-9-21)13(16)22/h2-5,10H,6-9H2,1H3,(H2,16,22). The highest BCUT2D eigenvalue weighted by atomic mass is 16.2. The van der Waals surface area contributed by atoms with E-state index in [0.29, 0.717) is 37.3 Å². The first-order valence-electron chi connectivity index (χ1n) is 7.47. The number of benzene rings is 1. The molecule has 2 heterocycles. The Bertz CT molecular complexity index is 716. The first kappa shape index (κ1) is 15.1. The fraction of sp³-hybridized carbons (Fsp3) is 0.400. The van der Waals surface area contributed by atoms with Gasteiger partial charge in [0.1, 0.15) is 0 Å². The van der Waals surface area contributed by atoms with Crippen molar-refractivity contribution in [2.24, 2.45) is 18.7 Å². The maximum absolute atomic E-state index is 12.5. The summed E-state index contributed by atoms with van der Waals surface area (Å²) in [7, 11) is 1.76. The molecule has 1 aliphatic rings. The number of primary amides is 1. The van der Waals surface area contributed by atoms with Crippen molar-refractivity contribution in [1.82, 2.24) is 25.1 Å². The summed E-state index contributed by atoms with van der Waals surface area (Å²) in [6.45, 7) is 1.11. The van der Waals surface area contributed by atoms with Gasteiger partial charge in [-0.15, -0.1) is 5.10 Å². The maximum Gasteiger partial charge on any atom is 0.253 e. The van der Waals surface area contributed by atoms with Gasteiger partial charge in [0, 0.05) is 37.2 Å². The zero-order chi connectivity index (χ0) is 16.4. The molecule has 2 N–H and O–H groups in total. The number of rotatable bonds is 3. The summed E-state index contributed by atoms with van der Waals surface area (Å²) < 4.78 is 1.57. The Hall–Kier alpha value is -2.77. The first-order valence-corrected chi connectivity index (χ1v) is 7.47. The van der Waals surface area contributed by atoms with Crippen LogP contribution in [-0.4, -0.2) is 50.0 Å². The number of nitrogens with zero attached hydrogens (tertiary/aromatic N) is 5. The zero-order valence-corrected chi connectivity index (χ0v) is 12.8. The molecule has 0 unspecified atom stereocenters. The Morgan fingerprint density at radius 2 is 1.83 bits per heavy atom. The maximum atomic E-state index is 12.5. The second-order valence-corrected chi connectivity index (χ2v) is 5.67. The van der Waals surface area contributed by atoms with E-state index in [9.17, 15) is 9.59 Å². The lowest BCUT2D eigenvalue weighted by atomic mass is 9.96. The number of tetrazole rings is 1. The first-order chi connectivity index (χ1) is 11.1. The number of hydrogen-bond acceptors (Lipinski definition) is 5. The molecule has 2 amide bonds. The van der Waals surface area contributed by atoms with Crippen molar-refractivity contribution < 1.29 is 9.59 Å². The van der Waals surface area contributed by atoms with E-state index in [2.05, 4.69) is 15.5 Å². The number of aryl methyl sites for hydroxylation is 1. The highest BCUT2D eigenvalue weighted by Gasteiger charge is 2.26. The summed E-state index contributed by atoms with van der Waals surface area (Å²) in [5.74, 6) is 0.213. The average molecular weight is 314 g/mol. The molecule has 1 aromatic heterocycles. The average Bonchev–Trinajstić information content (AvgIpc) is 3.00. The molecule has 8 nitrogen and oxygen atoms in total. The minimum atomic E-state index is -0.279. The summed E-state index contributed by atoms with van der Waals surface area (Å²) in [5.41, 5.74) is 6.78. The Morgan fingerprint density at radius 3 is 2.35 bits per heavy atom. The molecule has 0 radical (unpaired) electrons. The van der Waals surface area contributed by atoms with Gasteiger partial charge in [-0.3, -0.25) is 9.59 Å². The number of aromatic nitrogens is 4. The summed E-state index contributed by atoms with van der Waals surface area (Å²) in [5, 5.41) is 11.3. The highest BCUT2D eigenvalue weighted by Crippen LogP contribution is 2.20. The number of carbonyl (C=O) groups is 2. The number of likely N-dealkylation sites (tertiary alicyclic amines) is 1. The Morgan fingerprint density at radius 1 is 1.17 bits per heavy atom. The Balaban J connectivity index is 1.69. The molecule has 8 heteroatoms. The normalized spacial score (nSPS) is 15.6. The van der Waals surface area contributed by atoms with Crippen molar-refractivity contribution in [3.63, 3.8) is 0 Å². The van der Waals surface area contributed by atoms with E-state index in [-0.39, 0.29) is 17.7 Å². The predicted molar refractivity (Wildman–Crippen MR) is 82.1 cm³/mol. The second kappa shape index (κ2) is 6.15. The molecule has 1 fully saturated rings. The molecule has 3 rings (SSSR count). The number of piperidine rings is 1. The van der Waals surface area contributed by atoms with E-state index in [1.165, 1.54) is 0 Å². The van der Waals surface area contributed by atoms with Crippen molar-refractivity contribution >= 4 is 11.8 Å². The monoisotopic (exact) mass is 314 g/mol. The van der Waals surface area contributed by atoms with Crippen LogP contribution in [0.1, 0.15) is 23.2 Å². The third-order valence-corrected chi connectivity index (χ3v) is 4.19. The Labute approximate surface area is 133 Å². The lowest BCUT2D eigenvalue weighted by molar-refractivity contribution is -0.123. The van der Waals surface area contributed by atoms with Crippen LogP contribution < -0.4 is 5.73 Å². The third-order valence-electron chi connectivity index (χ3n) is 4.19. The molecule has 2 aromatic rings. The van der Waals surface area contributed by atoms with Gasteiger partial charge in [-0.2, -0.15) is 0 Å². The molecule has 23 heavy (non-hydrogen) atoms. The van der Waals surface area contributed by atoms with Gasteiger partial charge < -0.3 is 10.6 Å². The predicted octanol–water partition coefficient (Wildman–Crippen LogP) is 0.215. The van der Waals surface area contributed by atoms with E-state index >= 15 is 0 Å². The molecule has 1 saturated heterocycles. The van der Waals surface area contributed by atoms with Crippen LogP contribution in [0.25, 0.3) is 11.4 Å². The van der Waals surface area contributed by atoms with Crippen LogP contribution >= 0.6 is 0 Å². The van der Waals surface area contributed by atoms with Crippen LogP contribution in [0, 0.1) is 5.92 Å². The zero-order valence-electron chi connectivity index (χ0n) is 12.8. The van der Waals surface area contributed by atoms with Gasteiger partial charge in [0.15, 0.2) is 5.82 Å². The van der Waals surface area contributed by atoms with Crippen molar-refractivity contribution in [1.29, 1.82) is 0 Å². The van der Waals surface area contributed by atoms with Crippen LogP contribution in [0.5, 0.6) is 0 Å². The van der Waals surface area contributed by atoms with Crippen LogP contribution in [0.15, 0.2) is 24.3 Å². The van der Waals surface area contributed by atoms with Crippen LogP contribution in [-0.2, 0) is 11.8 Å². The molecule has 0 saturated carbocycles.